The van der Waals surface area contributed by atoms with Crippen LogP contribution in [0.4, 0.5) is 0 Å². The van der Waals surface area contributed by atoms with E-state index in [1.807, 2.05) is 20.8 Å². The highest BCUT2D eigenvalue weighted by atomic mass is 16.5. The van der Waals surface area contributed by atoms with Gasteiger partial charge in [0.15, 0.2) is 0 Å². The molecular weight excluding hydrogens is 308 g/mol. The average Bonchev–Trinajstić information content (AvgIpc) is 2.90. The molecular formula is C18H28N2O4. The first-order valence-electron chi connectivity index (χ1n) is 8.56. The summed E-state index contributed by atoms with van der Waals surface area (Å²) < 4.78 is 10.9. The second-order valence-electron chi connectivity index (χ2n) is 6.90. The Kier molecular flexibility index (Phi) is 5.70. The Balaban J connectivity index is 2.19. The van der Waals surface area contributed by atoms with E-state index < -0.39 is 11.4 Å². The normalized spacial score (nSPS) is 17.3. The van der Waals surface area contributed by atoms with Gasteiger partial charge in [0, 0.05) is 37.2 Å². The smallest absolute Gasteiger partial charge is 0.374 e. The van der Waals surface area contributed by atoms with Crippen LogP contribution >= 0.6 is 0 Å². The fraction of sp³-hybridized carbons (Fsp3) is 0.667. The van der Waals surface area contributed by atoms with Crippen molar-refractivity contribution in [3.8, 4) is 0 Å². The van der Waals surface area contributed by atoms with Crippen LogP contribution in [0.15, 0.2) is 4.42 Å². The summed E-state index contributed by atoms with van der Waals surface area (Å²) in [4.78, 5) is 24.0. The molecule has 1 unspecified atom stereocenters. The molecule has 2 N–H and O–H groups in total. The van der Waals surface area contributed by atoms with Crippen LogP contribution in [0.1, 0.15) is 67.1 Å². The zero-order valence-corrected chi connectivity index (χ0v) is 15.2. The molecule has 0 spiro atoms. The van der Waals surface area contributed by atoms with E-state index in [0.717, 1.165) is 36.1 Å². The van der Waals surface area contributed by atoms with Gasteiger partial charge in [-0.3, -0.25) is 4.79 Å². The van der Waals surface area contributed by atoms with Gasteiger partial charge in [-0.25, -0.2) is 4.79 Å². The SMILES string of the molecule is CCOC(=O)c1oc2c(c1C)C(NCC(C)(C)C(=O)NC)CCC2. The number of hydrogen-bond acceptors (Lipinski definition) is 5. The summed E-state index contributed by atoms with van der Waals surface area (Å²) in [5.41, 5.74) is 1.39. The van der Waals surface area contributed by atoms with Crippen LogP contribution < -0.4 is 10.6 Å². The number of esters is 1. The van der Waals surface area contributed by atoms with Crippen molar-refractivity contribution >= 4 is 11.9 Å². The molecule has 1 heterocycles. The van der Waals surface area contributed by atoms with Crippen molar-refractivity contribution in [2.24, 2.45) is 5.41 Å². The molecule has 1 aromatic heterocycles. The highest BCUT2D eigenvalue weighted by Gasteiger charge is 2.33. The van der Waals surface area contributed by atoms with Crippen molar-refractivity contribution in [1.29, 1.82) is 0 Å². The van der Waals surface area contributed by atoms with E-state index in [1.54, 1.807) is 14.0 Å². The van der Waals surface area contributed by atoms with Crippen LogP contribution in [0.5, 0.6) is 0 Å². The minimum atomic E-state index is -0.506. The second kappa shape index (κ2) is 7.38. The fourth-order valence-corrected chi connectivity index (χ4v) is 3.23. The van der Waals surface area contributed by atoms with E-state index in [-0.39, 0.29) is 11.9 Å². The molecule has 1 aliphatic rings. The van der Waals surface area contributed by atoms with E-state index in [2.05, 4.69) is 10.6 Å². The molecule has 6 heteroatoms. The van der Waals surface area contributed by atoms with Crippen molar-refractivity contribution in [3.05, 3.63) is 22.6 Å². The van der Waals surface area contributed by atoms with Gasteiger partial charge >= 0.3 is 5.97 Å². The maximum atomic E-state index is 12.0. The standard InChI is InChI=1S/C18H28N2O4/c1-6-23-16(21)15-11(2)14-12(8-7-9-13(14)24-15)20-10-18(3,4)17(22)19-5/h12,20H,6-10H2,1-5H3,(H,19,22). The summed E-state index contributed by atoms with van der Waals surface area (Å²) in [6.07, 6.45) is 2.77. The fourth-order valence-electron chi connectivity index (χ4n) is 3.23. The van der Waals surface area contributed by atoms with Crippen LogP contribution in [0.3, 0.4) is 0 Å². The largest absolute Gasteiger partial charge is 0.460 e. The topological polar surface area (TPSA) is 80.6 Å². The van der Waals surface area contributed by atoms with E-state index in [1.165, 1.54) is 0 Å². The monoisotopic (exact) mass is 336 g/mol. The van der Waals surface area contributed by atoms with Crippen molar-refractivity contribution in [3.63, 3.8) is 0 Å². The first kappa shape index (κ1) is 18.5. The number of carbonyl (C=O) groups excluding carboxylic acids is 2. The summed E-state index contributed by atoms with van der Waals surface area (Å²) in [6, 6.07) is 0.0876. The summed E-state index contributed by atoms with van der Waals surface area (Å²) in [7, 11) is 1.65. The first-order valence-corrected chi connectivity index (χ1v) is 8.56. The van der Waals surface area contributed by atoms with Crippen LogP contribution in [0, 0.1) is 12.3 Å². The lowest BCUT2D eigenvalue weighted by molar-refractivity contribution is -0.128. The molecule has 1 aromatic rings. The third-order valence-corrected chi connectivity index (χ3v) is 4.61. The van der Waals surface area contributed by atoms with Gasteiger partial charge in [-0.15, -0.1) is 0 Å². The van der Waals surface area contributed by atoms with E-state index in [9.17, 15) is 9.59 Å². The Morgan fingerprint density at radius 2 is 2.08 bits per heavy atom. The number of rotatable bonds is 6. The number of aryl methyl sites for hydroxylation is 1. The minimum absolute atomic E-state index is 0.00200. The molecule has 0 bridgehead atoms. The quantitative estimate of drug-likeness (QED) is 0.780. The minimum Gasteiger partial charge on any atom is -0.460 e. The molecule has 134 valence electrons. The molecule has 24 heavy (non-hydrogen) atoms. The molecule has 0 saturated carbocycles. The highest BCUT2D eigenvalue weighted by molar-refractivity contribution is 5.88. The number of furan rings is 1. The summed E-state index contributed by atoms with van der Waals surface area (Å²) in [6.45, 7) is 8.38. The Morgan fingerprint density at radius 3 is 2.71 bits per heavy atom. The van der Waals surface area contributed by atoms with Gasteiger partial charge in [-0.05, 0) is 40.5 Å². The van der Waals surface area contributed by atoms with Crippen molar-refractivity contribution in [1.82, 2.24) is 10.6 Å². The zero-order chi connectivity index (χ0) is 17.9. The van der Waals surface area contributed by atoms with Gasteiger partial charge < -0.3 is 19.8 Å². The van der Waals surface area contributed by atoms with Gasteiger partial charge in [0.05, 0.1) is 12.0 Å². The molecule has 0 radical (unpaired) electrons. The van der Waals surface area contributed by atoms with E-state index in [4.69, 9.17) is 9.15 Å². The molecule has 0 fully saturated rings. The molecule has 1 aliphatic carbocycles. The molecule has 0 aromatic carbocycles. The lowest BCUT2D eigenvalue weighted by Crippen LogP contribution is -2.43. The van der Waals surface area contributed by atoms with Gasteiger partial charge in [0.1, 0.15) is 5.76 Å². The van der Waals surface area contributed by atoms with Crippen LogP contribution in [0.25, 0.3) is 0 Å². The maximum Gasteiger partial charge on any atom is 0.374 e. The summed E-state index contributed by atoms with van der Waals surface area (Å²) >= 11 is 0. The molecule has 2 rings (SSSR count). The third-order valence-electron chi connectivity index (χ3n) is 4.61. The zero-order valence-electron chi connectivity index (χ0n) is 15.2. The van der Waals surface area contributed by atoms with Gasteiger partial charge in [-0.1, -0.05) is 0 Å². The summed E-state index contributed by atoms with van der Waals surface area (Å²) in [5, 5.41) is 6.18. The van der Waals surface area contributed by atoms with Gasteiger partial charge in [-0.2, -0.15) is 0 Å². The Labute approximate surface area is 143 Å². The number of hydrogen-bond donors (Lipinski definition) is 2. The second-order valence-corrected chi connectivity index (χ2v) is 6.90. The van der Waals surface area contributed by atoms with Gasteiger partial charge in [0.25, 0.3) is 0 Å². The Hall–Kier alpha value is -1.82. The molecule has 0 aliphatic heterocycles. The van der Waals surface area contributed by atoms with E-state index >= 15 is 0 Å². The first-order chi connectivity index (χ1) is 11.3. The van der Waals surface area contributed by atoms with Crippen LogP contribution in [0.2, 0.25) is 0 Å². The lowest BCUT2D eigenvalue weighted by atomic mass is 9.87. The molecule has 0 saturated heterocycles. The van der Waals surface area contributed by atoms with Crippen LogP contribution in [-0.2, 0) is 16.0 Å². The number of amides is 1. The molecule has 6 nitrogen and oxygen atoms in total. The predicted molar refractivity (Wildman–Crippen MR) is 90.9 cm³/mol. The Bertz CT molecular complexity index is 619. The number of carbonyl (C=O) groups is 2. The van der Waals surface area contributed by atoms with Crippen molar-refractivity contribution in [2.45, 2.75) is 53.0 Å². The number of nitrogens with one attached hydrogen (secondary N) is 2. The average molecular weight is 336 g/mol. The summed E-state index contributed by atoms with van der Waals surface area (Å²) in [5.74, 6) is 0.758. The number of ether oxygens (including phenoxy) is 1. The Morgan fingerprint density at radius 1 is 1.38 bits per heavy atom. The third kappa shape index (κ3) is 3.64. The predicted octanol–water partition coefficient (Wildman–Crippen LogP) is 2.50. The molecule has 1 atom stereocenters. The highest BCUT2D eigenvalue weighted by Crippen LogP contribution is 2.36. The number of fused-ring (bicyclic) bond motifs is 1. The van der Waals surface area contributed by atoms with E-state index in [0.29, 0.717) is 18.9 Å². The maximum absolute atomic E-state index is 12.0. The van der Waals surface area contributed by atoms with Crippen LogP contribution in [-0.4, -0.2) is 32.1 Å². The lowest BCUT2D eigenvalue weighted by Gasteiger charge is -2.29. The van der Waals surface area contributed by atoms with Crippen molar-refractivity contribution < 1.29 is 18.7 Å². The molecule has 1 amide bonds. The van der Waals surface area contributed by atoms with Crippen molar-refractivity contribution in [2.75, 3.05) is 20.2 Å². The van der Waals surface area contributed by atoms with Gasteiger partial charge in [0.2, 0.25) is 11.7 Å².